The Bertz CT molecular complexity index is 392. The molecular formula is C13H21N3O. The van der Waals surface area contributed by atoms with E-state index in [4.69, 9.17) is 0 Å². The van der Waals surface area contributed by atoms with Gasteiger partial charge in [0.15, 0.2) is 0 Å². The molecule has 1 aromatic heterocycles. The third-order valence-corrected chi connectivity index (χ3v) is 3.19. The molecule has 0 radical (unpaired) electrons. The maximum absolute atomic E-state index is 9.97. The highest BCUT2D eigenvalue weighted by Gasteiger charge is 2.24. The number of hydrogen-bond acceptors (Lipinski definition) is 4. The topological polar surface area (TPSA) is 39.6 Å². The van der Waals surface area contributed by atoms with Crippen LogP contribution in [0, 0.1) is 6.92 Å². The first-order chi connectivity index (χ1) is 8.08. The fraction of sp³-hybridized carbons (Fsp3) is 0.615. The van der Waals surface area contributed by atoms with Gasteiger partial charge in [-0.25, -0.2) is 4.98 Å². The molecule has 2 rings (SSSR count). The van der Waals surface area contributed by atoms with E-state index in [1.807, 2.05) is 19.1 Å². The van der Waals surface area contributed by atoms with Crippen molar-refractivity contribution in [1.82, 2.24) is 9.88 Å². The van der Waals surface area contributed by atoms with Crippen molar-refractivity contribution >= 4 is 5.82 Å². The molecule has 94 valence electrons. The van der Waals surface area contributed by atoms with E-state index in [0.717, 1.165) is 43.1 Å². The van der Waals surface area contributed by atoms with Crippen LogP contribution in [0.5, 0.6) is 0 Å². The van der Waals surface area contributed by atoms with Crippen LogP contribution in [0.3, 0.4) is 0 Å². The first-order valence-corrected chi connectivity index (χ1v) is 6.13. The van der Waals surface area contributed by atoms with Crippen molar-refractivity contribution in [3.63, 3.8) is 0 Å². The summed E-state index contributed by atoms with van der Waals surface area (Å²) in [5.41, 5.74) is 1.98. The van der Waals surface area contributed by atoms with Gasteiger partial charge in [0.2, 0.25) is 0 Å². The molecule has 2 heterocycles. The van der Waals surface area contributed by atoms with E-state index in [0.29, 0.717) is 0 Å². The zero-order valence-corrected chi connectivity index (χ0v) is 10.8. The van der Waals surface area contributed by atoms with E-state index in [9.17, 15) is 5.11 Å². The average molecular weight is 235 g/mol. The molecule has 4 heteroatoms. The smallest absolute Gasteiger partial charge is 0.134 e. The second kappa shape index (κ2) is 5.02. The molecule has 0 saturated carbocycles. The summed E-state index contributed by atoms with van der Waals surface area (Å²) in [4.78, 5) is 9.01. The molecule has 0 fully saturated rings. The molecule has 1 aliphatic rings. The van der Waals surface area contributed by atoms with E-state index in [1.165, 1.54) is 0 Å². The summed E-state index contributed by atoms with van der Waals surface area (Å²) in [7, 11) is 4.15. The standard InChI is InChI=1S/C13H21N3O/c1-10-4-5-11-12(17)6-7-16(13(11)14-10)9-8-15(2)3/h4-5,12,17H,6-9H2,1-3H3. The van der Waals surface area contributed by atoms with Crippen LogP contribution in [-0.2, 0) is 0 Å². The predicted octanol–water partition coefficient (Wildman–Crippen LogP) is 1.20. The van der Waals surface area contributed by atoms with Gasteiger partial charge in [-0.3, -0.25) is 0 Å². The molecule has 0 bridgehead atoms. The van der Waals surface area contributed by atoms with Gasteiger partial charge in [-0.15, -0.1) is 0 Å². The number of aliphatic hydroxyl groups excluding tert-OH is 1. The molecule has 4 nitrogen and oxygen atoms in total. The first kappa shape index (κ1) is 12.3. The SMILES string of the molecule is Cc1ccc2c(n1)N(CCN(C)C)CCC2O. The van der Waals surface area contributed by atoms with Crippen LogP contribution in [0.4, 0.5) is 5.82 Å². The van der Waals surface area contributed by atoms with Crippen molar-refractivity contribution in [3.05, 3.63) is 23.4 Å². The molecular weight excluding hydrogens is 214 g/mol. The van der Waals surface area contributed by atoms with Crippen LogP contribution < -0.4 is 4.90 Å². The summed E-state index contributed by atoms with van der Waals surface area (Å²) in [6, 6.07) is 3.97. The molecule has 1 unspecified atom stereocenters. The second-order valence-electron chi connectivity index (χ2n) is 4.96. The van der Waals surface area contributed by atoms with E-state index < -0.39 is 0 Å². The number of likely N-dealkylation sites (N-methyl/N-ethyl adjacent to an activating group) is 1. The Kier molecular flexibility index (Phi) is 3.64. The van der Waals surface area contributed by atoms with E-state index in [1.54, 1.807) is 0 Å². The number of aliphatic hydroxyl groups is 1. The molecule has 0 saturated heterocycles. The van der Waals surface area contributed by atoms with Crippen molar-refractivity contribution in [2.75, 3.05) is 38.6 Å². The van der Waals surface area contributed by atoms with E-state index in [-0.39, 0.29) is 6.10 Å². The quantitative estimate of drug-likeness (QED) is 0.854. The third-order valence-electron chi connectivity index (χ3n) is 3.19. The summed E-state index contributed by atoms with van der Waals surface area (Å²) >= 11 is 0. The minimum absolute atomic E-state index is 0.353. The highest BCUT2D eigenvalue weighted by atomic mass is 16.3. The van der Waals surface area contributed by atoms with Crippen LogP contribution in [0.2, 0.25) is 0 Å². The lowest BCUT2D eigenvalue weighted by atomic mass is 10.0. The Hall–Kier alpha value is -1.13. The number of anilines is 1. The number of fused-ring (bicyclic) bond motifs is 1. The highest BCUT2D eigenvalue weighted by molar-refractivity contribution is 5.51. The highest BCUT2D eigenvalue weighted by Crippen LogP contribution is 2.31. The van der Waals surface area contributed by atoms with Crippen LogP contribution in [0.25, 0.3) is 0 Å². The lowest BCUT2D eigenvalue weighted by Crippen LogP contribution is -2.37. The Labute approximate surface area is 103 Å². The van der Waals surface area contributed by atoms with Crippen LogP contribution in [0.1, 0.15) is 23.8 Å². The summed E-state index contributed by atoms with van der Waals surface area (Å²) in [5.74, 6) is 0.964. The van der Waals surface area contributed by atoms with Crippen molar-refractivity contribution in [3.8, 4) is 0 Å². The number of rotatable bonds is 3. The van der Waals surface area contributed by atoms with Gasteiger partial charge in [0.25, 0.3) is 0 Å². The maximum atomic E-state index is 9.97. The molecule has 1 N–H and O–H groups in total. The number of aromatic nitrogens is 1. The van der Waals surface area contributed by atoms with Crippen molar-refractivity contribution in [2.24, 2.45) is 0 Å². The molecule has 1 aromatic rings. The molecule has 1 aliphatic heterocycles. The first-order valence-electron chi connectivity index (χ1n) is 6.13. The van der Waals surface area contributed by atoms with E-state index in [2.05, 4.69) is 28.9 Å². The van der Waals surface area contributed by atoms with Crippen molar-refractivity contribution in [1.29, 1.82) is 0 Å². The van der Waals surface area contributed by atoms with Crippen LogP contribution in [0.15, 0.2) is 12.1 Å². The lowest BCUT2D eigenvalue weighted by Gasteiger charge is -2.33. The monoisotopic (exact) mass is 235 g/mol. The lowest BCUT2D eigenvalue weighted by molar-refractivity contribution is 0.163. The molecule has 0 amide bonds. The minimum atomic E-state index is -0.353. The van der Waals surface area contributed by atoms with Crippen LogP contribution in [-0.4, -0.2) is 48.7 Å². The summed E-state index contributed by atoms with van der Waals surface area (Å²) in [6.07, 6.45) is 0.444. The minimum Gasteiger partial charge on any atom is -0.388 e. The van der Waals surface area contributed by atoms with E-state index >= 15 is 0 Å². The Morgan fingerprint density at radius 3 is 2.94 bits per heavy atom. The van der Waals surface area contributed by atoms with Crippen molar-refractivity contribution < 1.29 is 5.11 Å². The van der Waals surface area contributed by atoms with Crippen molar-refractivity contribution in [2.45, 2.75) is 19.4 Å². The molecule has 0 aromatic carbocycles. The fourth-order valence-corrected chi connectivity index (χ4v) is 2.15. The largest absolute Gasteiger partial charge is 0.388 e. The van der Waals surface area contributed by atoms with Crippen LogP contribution >= 0.6 is 0 Å². The Balaban J connectivity index is 2.21. The number of hydrogen-bond donors (Lipinski definition) is 1. The number of aryl methyl sites for hydroxylation is 1. The Morgan fingerprint density at radius 2 is 2.24 bits per heavy atom. The molecule has 0 aliphatic carbocycles. The normalized spacial score (nSPS) is 19.6. The number of pyridine rings is 1. The zero-order chi connectivity index (χ0) is 12.4. The molecule has 1 atom stereocenters. The van der Waals surface area contributed by atoms with Gasteiger partial charge in [-0.1, -0.05) is 6.07 Å². The third kappa shape index (κ3) is 2.76. The van der Waals surface area contributed by atoms with Gasteiger partial charge in [-0.2, -0.15) is 0 Å². The summed E-state index contributed by atoms with van der Waals surface area (Å²) in [5, 5.41) is 9.97. The molecule has 17 heavy (non-hydrogen) atoms. The molecule has 0 spiro atoms. The predicted molar refractivity (Wildman–Crippen MR) is 69.3 cm³/mol. The van der Waals surface area contributed by atoms with Gasteiger partial charge in [-0.05, 0) is 33.5 Å². The van der Waals surface area contributed by atoms with Gasteiger partial charge in [0, 0.05) is 30.9 Å². The number of nitrogens with zero attached hydrogens (tertiary/aromatic N) is 3. The van der Waals surface area contributed by atoms with Gasteiger partial charge < -0.3 is 14.9 Å². The maximum Gasteiger partial charge on any atom is 0.134 e. The van der Waals surface area contributed by atoms with Gasteiger partial charge in [0.05, 0.1) is 6.10 Å². The summed E-state index contributed by atoms with van der Waals surface area (Å²) in [6.45, 7) is 4.85. The second-order valence-corrected chi connectivity index (χ2v) is 4.96. The average Bonchev–Trinajstić information content (AvgIpc) is 2.28. The van der Waals surface area contributed by atoms with Gasteiger partial charge in [0.1, 0.15) is 5.82 Å². The Morgan fingerprint density at radius 1 is 1.47 bits per heavy atom. The fourth-order valence-electron chi connectivity index (χ4n) is 2.15. The summed E-state index contributed by atoms with van der Waals surface area (Å²) < 4.78 is 0. The van der Waals surface area contributed by atoms with Gasteiger partial charge >= 0.3 is 0 Å². The zero-order valence-electron chi connectivity index (χ0n) is 10.8.